The minimum absolute atomic E-state index is 0.0410. The van der Waals surface area contributed by atoms with E-state index in [1.54, 1.807) is 55.3 Å². The van der Waals surface area contributed by atoms with Crippen molar-refractivity contribution in [3.8, 4) is 17.2 Å². The molecule has 0 unspecified atom stereocenters. The normalized spacial score (nSPS) is 20.7. The first kappa shape index (κ1) is 31.2. The minimum Gasteiger partial charge on any atom is -0.488 e. The summed E-state index contributed by atoms with van der Waals surface area (Å²) in [7, 11) is 1.68. The van der Waals surface area contributed by atoms with Crippen molar-refractivity contribution in [3.05, 3.63) is 42.0 Å². The summed E-state index contributed by atoms with van der Waals surface area (Å²) in [6.45, 7) is 4.30. The first-order chi connectivity index (χ1) is 21.2. The molecule has 12 nitrogen and oxygen atoms in total. The molecule has 1 saturated carbocycles. The molecular weight excluding hydrogens is 566 g/mol. The van der Waals surface area contributed by atoms with Gasteiger partial charge in [0, 0.05) is 48.6 Å². The molecule has 1 aliphatic carbocycles. The van der Waals surface area contributed by atoms with Gasteiger partial charge in [0.15, 0.2) is 11.5 Å². The van der Waals surface area contributed by atoms with E-state index >= 15 is 0 Å². The van der Waals surface area contributed by atoms with Crippen LogP contribution in [0.15, 0.2) is 36.4 Å². The molecule has 3 atom stereocenters. The molecule has 44 heavy (non-hydrogen) atoms. The van der Waals surface area contributed by atoms with Gasteiger partial charge in [0.25, 0.3) is 0 Å². The van der Waals surface area contributed by atoms with Crippen LogP contribution in [0, 0.1) is 5.92 Å². The third-order valence-corrected chi connectivity index (χ3v) is 8.54. The van der Waals surface area contributed by atoms with Crippen molar-refractivity contribution in [2.45, 2.75) is 70.6 Å². The molecule has 5 amide bonds. The Morgan fingerprint density at radius 3 is 2.48 bits per heavy atom. The van der Waals surface area contributed by atoms with Crippen LogP contribution in [0.2, 0.25) is 0 Å². The number of ether oxygens (including phenoxy) is 3. The smallest absolute Gasteiger partial charge is 0.321 e. The molecule has 1 fully saturated rings. The predicted molar refractivity (Wildman–Crippen MR) is 165 cm³/mol. The van der Waals surface area contributed by atoms with E-state index in [1.165, 1.54) is 11.3 Å². The van der Waals surface area contributed by atoms with Crippen LogP contribution in [0.4, 0.5) is 21.0 Å². The van der Waals surface area contributed by atoms with Gasteiger partial charge in [-0.15, -0.1) is 0 Å². The molecule has 5 rings (SSSR count). The van der Waals surface area contributed by atoms with E-state index in [9.17, 15) is 19.5 Å². The van der Waals surface area contributed by atoms with Crippen molar-refractivity contribution in [3.63, 3.8) is 0 Å². The molecule has 2 aromatic rings. The molecule has 2 heterocycles. The Hall–Kier alpha value is -4.19. The molecule has 0 saturated heterocycles. The summed E-state index contributed by atoms with van der Waals surface area (Å²) in [5.74, 6) is 1.37. The fraction of sp³-hybridized carbons (Fsp3) is 0.531. The number of benzene rings is 2. The summed E-state index contributed by atoms with van der Waals surface area (Å²) in [5.41, 5.74) is 1.74. The van der Waals surface area contributed by atoms with Crippen LogP contribution >= 0.6 is 0 Å². The fourth-order valence-electron chi connectivity index (χ4n) is 5.87. The second-order valence-corrected chi connectivity index (χ2v) is 12.0. The minimum atomic E-state index is -0.478. The average molecular weight is 610 g/mol. The molecule has 12 heteroatoms. The zero-order valence-electron chi connectivity index (χ0n) is 25.6. The van der Waals surface area contributed by atoms with E-state index in [0.717, 1.165) is 25.7 Å². The third-order valence-electron chi connectivity index (χ3n) is 8.54. The fourth-order valence-corrected chi connectivity index (χ4v) is 5.87. The molecule has 3 aliphatic rings. The Bertz CT molecular complexity index is 1350. The van der Waals surface area contributed by atoms with Crippen LogP contribution in [-0.4, -0.2) is 84.6 Å². The van der Waals surface area contributed by atoms with E-state index < -0.39 is 12.1 Å². The number of amides is 5. The van der Waals surface area contributed by atoms with Crippen LogP contribution in [0.5, 0.6) is 17.2 Å². The standard InChI is InChI=1S/C32H43N5O7/c1-20-16-37(21(2)18-38)30(39)14-22-13-24(34-31(40)33-23-7-5-4-6-8-23)9-11-26(22)44-29(20)17-36(3)32(41)35-25-10-12-27-28(15-25)43-19-42-27/h9-13,15,20-21,23,29,38H,4-8,14,16-19H2,1-3H3,(H,35,41)(H2,33,34,40)/t20-,21+,29-/m1/s1. The molecule has 2 aromatic carbocycles. The number of nitrogens with one attached hydrogen (secondary N) is 3. The van der Waals surface area contributed by atoms with Crippen LogP contribution in [0.3, 0.4) is 0 Å². The number of carbonyl (C=O) groups excluding carboxylic acids is 3. The molecule has 238 valence electrons. The van der Waals surface area contributed by atoms with Gasteiger partial charge in [0.05, 0.1) is 25.6 Å². The van der Waals surface area contributed by atoms with Crippen LogP contribution in [0.25, 0.3) is 0 Å². The van der Waals surface area contributed by atoms with E-state index in [1.807, 2.05) is 6.92 Å². The Morgan fingerprint density at radius 1 is 1.02 bits per heavy atom. The molecule has 0 aromatic heterocycles. The number of fused-ring (bicyclic) bond motifs is 2. The van der Waals surface area contributed by atoms with Crippen molar-refractivity contribution in [2.24, 2.45) is 5.92 Å². The molecule has 2 aliphatic heterocycles. The highest BCUT2D eigenvalue weighted by Crippen LogP contribution is 2.34. The number of likely N-dealkylation sites (N-methyl/N-ethyl adjacent to an activating group) is 1. The van der Waals surface area contributed by atoms with Gasteiger partial charge < -0.3 is 45.1 Å². The summed E-state index contributed by atoms with van der Waals surface area (Å²) >= 11 is 0. The summed E-state index contributed by atoms with van der Waals surface area (Å²) in [6, 6.07) is 9.64. The molecule has 0 radical (unpaired) electrons. The lowest BCUT2D eigenvalue weighted by atomic mass is 9.96. The number of aliphatic hydroxyl groups excluding tert-OH is 1. The molecule has 4 N–H and O–H groups in total. The number of rotatable bonds is 7. The van der Waals surface area contributed by atoms with E-state index in [-0.39, 0.29) is 56.3 Å². The number of hydrogen-bond donors (Lipinski definition) is 4. The van der Waals surface area contributed by atoms with Crippen LogP contribution in [-0.2, 0) is 11.2 Å². The Labute approximate surface area is 258 Å². The number of nitrogens with zero attached hydrogens (tertiary/aromatic N) is 2. The van der Waals surface area contributed by atoms with Gasteiger partial charge in [-0.25, -0.2) is 9.59 Å². The number of hydrogen-bond acceptors (Lipinski definition) is 7. The van der Waals surface area contributed by atoms with Gasteiger partial charge >= 0.3 is 12.1 Å². The zero-order valence-corrected chi connectivity index (χ0v) is 25.6. The SMILES string of the molecule is C[C@@H]1CN([C@@H](C)CO)C(=O)Cc2cc(NC(=O)NC3CCCCC3)ccc2O[C@@H]1CN(C)C(=O)Nc1ccc2c(c1)OCO2. The highest BCUT2D eigenvalue weighted by atomic mass is 16.7. The maximum Gasteiger partial charge on any atom is 0.321 e. The largest absolute Gasteiger partial charge is 0.488 e. The number of aliphatic hydroxyl groups is 1. The molecular formula is C32H43N5O7. The lowest BCUT2D eigenvalue weighted by Crippen LogP contribution is -2.48. The van der Waals surface area contributed by atoms with Gasteiger partial charge in [-0.1, -0.05) is 26.2 Å². The van der Waals surface area contributed by atoms with Gasteiger partial charge in [-0.3, -0.25) is 4.79 Å². The first-order valence-electron chi connectivity index (χ1n) is 15.4. The summed E-state index contributed by atoms with van der Waals surface area (Å²) in [4.78, 5) is 42.6. The van der Waals surface area contributed by atoms with Crippen LogP contribution < -0.4 is 30.2 Å². The quantitative estimate of drug-likeness (QED) is 0.369. The van der Waals surface area contributed by atoms with Gasteiger partial charge in [0.1, 0.15) is 11.9 Å². The Balaban J connectivity index is 1.32. The summed E-state index contributed by atoms with van der Waals surface area (Å²) < 4.78 is 17.3. The number of carbonyl (C=O) groups is 3. The van der Waals surface area contributed by atoms with Crippen molar-refractivity contribution in [1.29, 1.82) is 0 Å². The van der Waals surface area contributed by atoms with Gasteiger partial charge in [-0.05, 0) is 50.1 Å². The van der Waals surface area contributed by atoms with E-state index in [2.05, 4.69) is 16.0 Å². The Morgan fingerprint density at radius 2 is 1.73 bits per heavy atom. The molecule has 0 spiro atoms. The van der Waals surface area contributed by atoms with Gasteiger partial charge in [-0.2, -0.15) is 0 Å². The lowest BCUT2D eigenvalue weighted by Gasteiger charge is -2.34. The second kappa shape index (κ2) is 14.1. The van der Waals surface area contributed by atoms with E-state index in [4.69, 9.17) is 14.2 Å². The lowest BCUT2D eigenvalue weighted by molar-refractivity contribution is -0.134. The van der Waals surface area contributed by atoms with Crippen molar-refractivity contribution < 1.29 is 33.7 Å². The molecule has 0 bridgehead atoms. The van der Waals surface area contributed by atoms with Crippen LogP contribution in [0.1, 0.15) is 51.5 Å². The topological polar surface area (TPSA) is 142 Å². The van der Waals surface area contributed by atoms with E-state index in [0.29, 0.717) is 40.7 Å². The number of urea groups is 2. The Kier molecular flexibility index (Phi) is 9.99. The maximum absolute atomic E-state index is 13.5. The zero-order chi connectivity index (χ0) is 31.2. The highest BCUT2D eigenvalue weighted by molar-refractivity contribution is 5.90. The monoisotopic (exact) mass is 609 g/mol. The summed E-state index contributed by atoms with van der Waals surface area (Å²) in [5, 5.41) is 18.8. The van der Waals surface area contributed by atoms with Gasteiger partial charge in [0.2, 0.25) is 12.7 Å². The average Bonchev–Trinajstić information content (AvgIpc) is 3.49. The first-order valence-corrected chi connectivity index (χ1v) is 15.4. The number of anilines is 2. The highest BCUT2D eigenvalue weighted by Gasteiger charge is 2.32. The maximum atomic E-state index is 13.5. The third kappa shape index (κ3) is 7.65. The summed E-state index contributed by atoms with van der Waals surface area (Å²) in [6.07, 6.45) is 4.93. The van der Waals surface area contributed by atoms with Crippen molar-refractivity contribution in [1.82, 2.24) is 15.1 Å². The van der Waals surface area contributed by atoms with Crippen molar-refractivity contribution in [2.75, 3.05) is 44.2 Å². The second-order valence-electron chi connectivity index (χ2n) is 12.0. The van der Waals surface area contributed by atoms with Crippen molar-refractivity contribution >= 4 is 29.3 Å². The predicted octanol–water partition coefficient (Wildman–Crippen LogP) is 4.18.